The Labute approximate surface area is 213 Å². The lowest BCUT2D eigenvalue weighted by atomic mass is 9.90. The van der Waals surface area contributed by atoms with Gasteiger partial charge in [0, 0.05) is 37.9 Å². The van der Waals surface area contributed by atoms with Gasteiger partial charge in [0.15, 0.2) is 0 Å². The predicted octanol–water partition coefficient (Wildman–Crippen LogP) is 4.30. The highest BCUT2D eigenvalue weighted by atomic mass is 35.5. The van der Waals surface area contributed by atoms with E-state index < -0.39 is 0 Å². The van der Waals surface area contributed by atoms with Gasteiger partial charge in [0.1, 0.15) is 5.82 Å². The summed E-state index contributed by atoms with van der Waals surface area (Å²) in [6.45, 7) is 5.14. The van der Waals surface area contributed by atoms with E-state index in [4.69, 9.17) is 5.26 Å². The number of carbonyl (C=O) groups excluding carboxylic acids is 1. The zero-order valence-corrected chi connectivity index (χ0v) is 20.7. The molecule has 34 heavy (non-hydrogen) atoms. The molecule has 2 fully saturated rings. The molecule has 1 unspecified atom stereocenters. The molecule has 2 aromatic rings. The molecule has 0 saturated carbocycles. The van der Waals surface area contributed by atoms with Crippen molar-refractivity contribution in [3.8, 4) is 6.07 Å². The number of hydrogen-bond acceptors (Lipinski definition) is 4. The molecule has 9 heteroatoms. The number of hydrogen-bond donors (Lipinski definition) is 2. The number of nitrogens with zero attached hydrogens (tertiary/aromatic N) is 3. The highest BCUT2D eigenvalue weighted by Gasteiger charge is 2.27. The monoisotopic (exact) mass is 507 g/mol. The van der Waals surface area contributed by atoms with E-state index in [2.05, 4.69) is 21.6 Å². The summed E-state index contributed by atoms with van der Waals surface area (Å²) in [4.78, 5) is 17.0. The van der Waals surface area contributed by atoms with E-state index in [1.807, 2.05) is 17.0 Å². The molecule has 0 radical (unpaired) electrons. The van der Waals surface area contributed by atoms with Crippen molar-refractivity contribution in [2.24, 2.45) is 5.92 Å². The van der Waals surface area contributed by atoms with E-state index >= 15 is 0 Å². The third-order valence-corrected chi connectivity index (χ3v) is 6.41. The van der Waals surface area contributed by atoms with Crippen LogP contribution in [0.15, 0.2) is 48.5 Å². The quantitative estimate of drug-likeness (QED) is 0.632. The van der Waals surface area contributed by atoms with Crippen LogP contribution < -0.4 is 10.6 Å². The van der Waals surface area contributed by atoms with Gasteiger partial charge in [0.2, 0.25) is 0 Å². The number of likely N-dealkylation sites (tertiary alicyclic amines) is 1. The average Bonchev–Trinajstić information content (AvgIpc) is 2.82. The molecule has 6 nitrogen and oxygen atoms in total. The Balaban J connectivity index is 0.00000204. The van der Waals surface area contributed by atoms with Gasteiger partial charge >= 0.3 is 6.03 Å². The largest absolute Gasteiger partial charge is 0.322 e. The van der Waals surface area contributed by atoms with Crippen molar-refractivity contribution in [1.29, 1.82) is 5.26 Å². The standard InChI is InChI=1S/C25H30FN5O.2ClH/c26-22-6-4-19(5-7-22)14-20-8-11-30(12-9-20)17-24-18-31(13-10-28-24)25(32)29-23-3-1-2-21(15-23)16-27;;/h1-7,15,20,24,28H,8-14,17-18H2,(H,29,32);2*1H. The molecule has 0 bridgehead atoms. The number of anilines is 1. The Hall–Kier alpha value is -2.37. The first-order chi connectivity index (χ1) is 15.6. The minimum absolute atomic E-state index is 0. The first kappa shape index (κ1) is 27.9. The minimum Gasteiger partial charge on any atom is -0.322 e. The highest BCUT2D eigenvalue weighted by molar-refractivity contribution is 5.89. The van der Waals surface area contributed by atoms with Crippen molar-refractivity contribution in [2.45, 2.75) is 25.3 Å². The molecule has 2 heterocycles. The number of nitriles is 1. The van der Waals surface area contributed by atoms with Gasteiger partial charge in [0.25, 0.3) is 0 Å². The minimum atomic E-state index is -0.179. The summed E-state index contributed by atoms with van der Waals surface area (Å²) in [6.07, 6.45) is 3.30. The maximum Gasteiger partial charge on any atom is 0.321 e. The van der Waals surface area contributed by atoms with Gasteiger partial charge in [-0.3, -0.25) is 0 Å². The normalized spacial score (nSPS) is 18.8. The molecule has 2 aliphatic rings. The summed E-state index contributed by atoms with van der Waals surface area (Å²) < 4.78 is 13.1. The van der Waals surface area contributed by atoms with E-state index in [1.54, 1.807) is 36.4 Å². The number of halogens is 3. The average molecular weight is 508 g/mol. The van der Waals surface area contributed by atoms with Gasteiger partial charge in [-0.2, -0.15) is 5.26 Å². The Bertz CT molecular complexity index is 961. The molecule has 2 saturated heterocycles. The molecule has 0 spiro atoms. The molecule has 2 aliphatic heterocycles. The fourth-order valence-electron chi connectivity index (χ4n) is 4.64. The Kier molecular flexibility index (Phi) is 11.1. The number of benzene rings is 2. The number of piperazine rings is 1. The van der Waals surface area contributed by atoms with Crippen LogP contribution in [0.25, 0.3) is 0 Å². The number of rotatable bonds is 5. The van der Waals surface area contributed by atoms with Gasteiger partial charge < -0.3 is 20.4 Å². The third-order valence-electron chi connectivity index (χ3n) is 6.41. The Morgan fingerprint density at radius 3 is 2.56 bits per heavy atom. The number of amides is 2. The van der Waals surface area contributed by atoms with Crippen molar-refractivity contribution >= 4 is 36.5 Å². The number of carbonyl (C=O) groups is 1. The van der Waals surface area contributed by atoms with Crippen LogP contribution in [0.2, 0.25) is 0 Å². The number of piperidine rings is 1. The zero-order chi connectivity index (χ0) is 22.3. The maximum atomic E-state index is 13.1. The van der Waals surface area contributed by atoms with Crippen LogP contribution in [0.3, 0.4) is 0 Å². The Morgan fingerprint density at radius 1 is 1.12 bits per heavy atom. The first-order valence-corrected chi connectivity index (χ1v) is 11.4. The van der Waals surface area contributed by atoms with Crippen LogP contribution in [-0.4, -0.2) is 61.1 Å². The first-order valence-electron chi connectivity index (χ1n) is 11.4. The van der Waals surface area contributed by atoms with Crippen molar-refractivity contribution in [1.82, 2.24) is 15.1 Å². The molecule has 2 aromatic carbocycles. The molecule has 2 amide bonds. The van der Waals surface area contributed by atoms with E-state index in [-0.39, 0.29) is 42.7 Å². The van der Waals surface area contributed by atoms with Crippen LogP contribution in [0.1, 0.15) is 24.0 Å². The molecule has 2 N–H and O–H groups in total. The van der Waals surface area contributed by atoms with Crippen LogP contribution in [0.4, 0.5) is 14.9 Å². The molecule has 4 rings (SSSR count). The van der Waals surface area contributed by atoms with Gasteiger partial charge in [0.05, 0.1) is 11.6 Å². The lowest BCUT2D eigenvalue weighted by Gasteiger charge is -2.38. The topological polar surface area (TPSA) is 71.4 Å². The predicted molar refractivity (Wildman–Crippen MR) is 137 cm³/mol. The van der Waals surface area contributed by atoms with E-state index in [1.165, 1.54) is 5.56 Å². The molecule has 0 aromatic heterocycles. The summed E-state index contributed by atoms with van der Waals surface area (Å²) in [5, 5.41) is 15.5. The summed E-state index contributed by atoms with van der Waals surface area (Å²) in [6, 6.07) is 16.1. The zero-order valence-electron chi connectivity index (χ0n) is 19.1. The lowest BCUT2D eigenvalue weighted by Crippen LogP contribution is -2.57. The number of urea groups is 1. The summed E-state index contributed by atoms with van der Waals surface area (Å²) in [7, 11) is 0. The molecule has 1 atom stereocenters. The van der Waals surface area contributed by atoms with Crippen LogP contribution in [0.5, 0.6) is 0 Å². The van der Waals surface area contributed by atoms with Crippen molar-refractivity contribution in [2.75, 3.05) is 44.6 Å². The van der Waals surface area contributed by atoms with Crippen LogP contribution in [0, 0.1) is 23.1 Å². The fourth-order valence-corrected chi connectivity index (χ4v) is 4.64. The second-order valence-corrected chi connectivity index (χ2v) is 8.79. The van der Waals surface area contributed by atoms with Crippen molar-refractivity contribution < 1.29 is 9.18 Å². The third kappa shape index (κ3) is 7.85. The second-order valence-electron chi connectivity index (χ2n) is 8.79. The summed E-state index contributed by atoms with van der Waals surface area (Å²) in [5.41, 5.74) is 2.39. The molecular weight excluding hydrogens is 476 g/mol. The van der Waals surface area contributed by atoms with Crippen molar-refractivity contribution in [3.05, 3.63) is 65.5 Å². The maximum absolute atomic E-state index is 13.1. The SMILES string of the molecule is Cl.Cl.N#Cc1cccc(NC(=O)N2CCNC(CN3CCC(Cc4ccc(F)cc4)CC3)C2)c1. The van der Waals surface area contributed by atoms with Crippen molar-refractivity contribution in [3.63, 3.8) is 0 Å². The Morgan fingerprint density at radius 2 is 1.85 bits per heavy atom. The molecule has 0 aliphatic carbocycles. The van der Waals surface area contributed by atoms with E-state index in [9.17, 15) is 9.18 Å². The lowest BCUT2D eigenvalue weighted by molar-refractivity contribution is 0.139. The summed E-state index contributed by atoms with van der Waals surface area (Å²) in [5.74, 6) is 0.462. The van der Waals surface area contributed by atoms with Gasteiger partial charge in [-0.15, -0.1) is 24.8 Å². The summed E-state index contributed by atoms with van der Waals surface area (Å²) >= 11 is 0. The van der Waals surface area contributed by atoms with Gasteiger partial charge in [-0.25, -0.2) is 9.18 Å². The van der Waals surface area contributed by atoms with Crippen LogP contribution >= 0.6 is 24.8 Å². The second kappa shape index (κ2) is 13.5. The smallest absolute Gasteiger partial charge is 0.321 e. The van der Waals surface area contributed by atoms with Gasteiger partial charge in [-0.1, -0.05) is 18.2 Å². The molecule has 184 valence electrons. The number of nitrogens with one attached hydrogen (secondary N) is 2. The van der Waals surface area contributed by atoms with Crippen LogP contribution in [-0.2, 0) is 6.42 Å². The van der Waals surface area contributed by atoms with E-state index in [0.717, 1.165) is 45.4 Å². The van der Waals surface area contributed by atoms with Gasteiger partial charge in [-0.05, 0) is 74.2 Å². The van der Waals surface area contributed by atoms with E-state index in [0.29, 0.717) is 30.3 Å². The molecular formula is C25H32Cl2FN5O. The highest BCUT2D eigenvalue weighted by Crippen LogP contribution is 2.22. The fraction of sp³-hybridized carbons (Fsp3) is 0.440.